The summed E-state index contributed by atoms with van der Waals surface area (Å²) < 4.78 is 0. The summed E-state index contributed by atoms with van der Waals surface area (Å²) >= 11 is 0. The van der Waals surface area contributed by atoms with Crippen LogP contribution in [0.25, 0.3) is 0 Å². The van der Waals surface area contributed by atoms with Crippen molar-refractivity contribution >= 4 is 17.3 Å². The number of nitriles is 1. The Kier molecular flexibility index (Phi) is 4.16. The van der Waals surface area contributed by atoms with Gasteiger partial charge < -0.3 is 10.2 Å². The molecule has 0 spiro atoms. The van der Waals surface area contributed by atoms with Gasteiger partial charge in [-0.1, -0.05) is 6.92 Å². The van der Waals surface area contributed by atoms with E-state index in [0.717, 1.165) is 29.3 Å². The second-order valence-corrected chi connectivity index (χ2v) is 4.35. The lowest BCUT2D eigenvalue weighted by atomic mass is 10.1. The van der Waals surface area contributed by atoms with E-state index in [2.05, 4.69) is 28.3 Å². The molecular formula is C15H17N5. The van der Waals surface area contributed by atoms with E-state index in [1.54, 1.807) is 18.5 Å². The first-order chi connectivity index (χ1) is 9.71. The van der Waals surface area contributed by atoms with E-state index in [4.69, 9.17) is 5.26 Å². The monoisotopic (exact) mass is 267 g/mol. The van der Waals surface area contributed by atoms with Gasteiger partial charge in [-0.2, -0.15) is 5.26 Å². The van der Waals surface area contributed by atoms with Gasteiger partial charge in [0.05, 0.1) is 11.6 Å². The first kappa shape index (κ1) is 13.8. The molecule has 0 atom stereocenters. The minimum absolute atomic E-state index is 0.650. The van der Waals surface area contributed by atoms with Gasteiger partial charge in [-0.3, -0.25) is 0 Å². The summed E-state index contributed by atoms with van der Waals surface area (Å²) in [4.78, 5) is 10.6. The van der Waals surface area contributed by atoms with Gasteiger partial charge in [0.2, 0.25) is 0 Å². The molecule has 2 aromatic rings. The van der Waals surface area contributed by atoms with E-state index in [9.17, 15) is 0 Å². The maximum Gasteiger partial charge on any atom is 0.141 e. The van der Waals surface area contributed by atoms with Crippen molar-refractivity contribution in [2.45, 2.75) is 13.3 Å². The third-order valence-electron chi connectivity index (χ3n) is 3.21. The Bertz CT molecular complexity index is 628. The molecule has 1 aromatic heterocycles. The molecule has 5 heteroatoms. The van der Waals surface area contributed by atoms with Crippen molar-refractivity contribution in [1.82, 2.24) is 9.97 Å². The summed E-state index contributed by atoms with van der Waals surface area (Å²) in [5, 5.41) is 11.9. The molecule has 0 aliphatic carbocycles. The summed E-state index contributed by atoms with van der Waals surface area (Å²) in [5.41, 5.74) is 2.71. The Morgan fingerprint density at radius 2 is 1.95 bits per heavy atom. The molecule has 0 aliphatic rings. The molecule has 0 radical (unpaired) electrons. The zero-order valence-corrected chi connectivity index (χ0v) is 11.9. The Morgan fingerprint density at radius 1 is 1.25 bits per heavy atom. The van der Waals surface area contributed by atoms with E-state index in [0.29, 0.717) is 5.56 Å². The van der Waals surface area contributed by atoms with Gasteiger partial charge in [-0.15, -0.1) is 0 Å². The highest BCUT2D eigenvalue weighted by atomic mass is 15.2. The van der Waals surface area contributed by atoms with Crippen LogP contribution in [0.15, 0.2) is 30.6 Å². The fourth-order valence-corrected chi connectivity index (χ4v) is 2.11. The molecule has 1 aromatic carbocycles. The van der Waals surface area contributed by atoms with Crippen molar-refractivity contribution in [2.75, 3.05) is 24.3 Å². The number of anilines is 3. The van der Waals surface area contributed by atoms with Crippen LogP contribution in [0.4, 0.5) is 17.3 Å². The molecule has 102 valence electrons. The van der Waals surface area contributed by atoms with Crippen LogP contribution in [0.1, 0.15) is 18.1 Å². The normalized spacial score (nSPS) is 9.90. The Hall–Kier alpha value is -2.61. The lowest BCUT2D eigenvalue weighted by molar-refractivity contribution is 1.00. The fraction of sp³-hybridized carbons (Fsp3) is 0.267. The van der Waals surface area contributed by atoms with E-state index >= 15 is 0 Å². The third kappa shape index (κ3) is 2.54. The highest BCUT2D eigenvalue weighted by Gasteiger charge is 2.13. The minimum Gasteiger partial charge on any atom is -0.373 e. The van der Waals surface area contributed by atoms with Crippen molar-refractivity contribution in [1.29, 1.82) is 5.26 Å². The van der Waals surface area contributed by atoms with Gasteiger partial charge in [0.15, 0.2) is 0 Å². The number of nitrogens with one attached hydrogen (secondary N) is 1. The number of hydrogen-bond acceptors (Lipinski definition) is 5. The molecule has 0 aliphatic heterocycles. The summed E-state index contributed by atoms with van der Waals surface area (Å²) in [6.07, 6.45) is 2.40. The van der Waals surface area contributed by atoms with E-state index in [-0.39, 0.29) is 0 Å². The Labute approximate surface area is 118 Å². The molecule has 0 fully saturated rings. The molecule has 0 unspecified atom stereocenters. The Morgan fingerprint density at radius 3 is 2.50 bits per heavy atom. The zero-order chi connectivity index (χ0) is 14.5. The van der Waals surface area contributed by atoms with E-state index in [1.165, 1.54) is 0 Å². The van der Waals surface area contributed by atoms with Crippen LogP contribution in [0.2, 0.25) is 0 Å². The summed E-state index contributed by atoms with van der Waals surface area (Å²) in [7, 11) is 3.81. The van der Waals surface area contributed by atoms with Gasteiger partial charge in [-0.05, 0) is 30.7 Å². The van der Waals surface area contributed by atoms with Crippen molar-refractivity contribution in [3.8, 4) is 6.07 Å². The number of rotatable bonds is 4. The molecule has 2 rings (SSSR count). The van der Waals surface area contributed by atoms with Crippen molar-refractivity contribution in [3.63, 3.8) is 0 Å². The van der Waals surface area contributed by atoms with Gasteiger partial charge in [0.1, 0.15) is 18.0 Å². The van der Waals surface area contributed by atoms with Crippen LogP contribution in [-0.4, -0.2) is 24.1 Å². The van der Waals surface area contributed by atoms with Crippen molar-refractivity contribution < 1.29 is 0 Å². The van der Waals surface area contributed by atoms with Gasteiger partial charge in [-0.25, -0.2) is 9.97 Å². The standard InChI is InChI=1S/C15H17N5/c1-4-13-14(17-2)18-10-19-15(13)20(3)12-7-5-11(9-16)6-8-12/h5-8,10H,4H2,1-3H3,(H,17,18,19). The second-order valence-electron chi connectivity index (χ2n) is 4.35. The molecule has 5 nitrogen and oxygen atoms in total. The third-order valence-corrected chi connectivity index (χ3v) is 3.21. The predicted octanol–water partition coefficient (Wildman–Crippen LogP) is 2.72. The minimum atomic E-state index is 0.650. The maximum absolute atomic E-state index is 8.84. The molecule has 0 saturated heterocycles. The largest absolute Gasteiger partial charge is 0.373 e. The van der Waals surface area contributed by atoms with Crippen LogP contribution in [0.3, 0.4) is 0 Å². The number of hydrogen-bond donors (Lipinski definition) is 1. The van der Waals surface area contributed by atoms with Gasteiger partial charge >= 0.3 is 0 Å². The topological polar surface area (TPSA) is 64.8 Å². The van der Waals surface area contributed by atoms with Crippen LogP contribution >= 0.6 is 0 Å². The average Bonchev–Trinajstić information content (AvgIpc) is 2.53. The molecule has 0 amide bonds. The molecule has 0 bridgehead atoms. The van der Waals surface area contributed by atoms with Gasteiger partial charge in [0.25, 0.3) is 0 Å². The number of nitrogens with zero attached hydrogens (tertiary/aromatic N) is 4. The number of aromatic nitrogens is 2. The summed E-state index contributed by atoms with van der Waals surface area (Å²) in [5.74, 6) is 1.72. The van der Waals surface area contributed by atoms with E-state index in [1.807, 2.05) is 31.1 Å². The van der Waals surface area contributed by atoms with Crippen molar-refractivity contribution in [3.05, 3.63) is 41.7 Å². The lowest BCUT2D eigenvalue weighted by Gasteiger charge is -2.22. The highest BCUT2D eigenvalue weighted by Crippen LogP contribution is 2.28. The van der Waals surface area contributed by atoms with Crippen LogP contribution in [0.5, 0.6) is 0 Å². The smallest absolute Gasteiger partial charge is 0.141 e. The van der Waals surface area contributed by atoms with Crippen LogP contribution in [-0.2, 0) is 6.42 Å². The SMILES string of the molecule is CCc1c(NC)ncnc1N(C)c1ccc(C#N)cc1. The zero-order valence-electron chi connectivity index (χ0n) is 11.9. The lowest BCUT2D eigenvalue weighted by Crippen LogP contribution is -2.15. The molecule has 1 N–H and O–H groups in total. The van der Waals surface area contributed by atoms with E-state index < -0.39 is 0 Å². The Balaban J connectivity index is 2.42. The number of benzene rings is 1. The average molecular weight is 267 g/mol. The van der Waals surface area contributed by atoms with Crippen LogP contribution < -0.4 is 10.2 Å². The molecular weight excluding hydrogens is 250 g/mol. The summed E-state index contributed by atoms with van der Waals surface area (Å²) in [6.45, 7) is 2.08. The molecule has 0 saturated carbocycles. The molecule has 20 heavy (non-hydrogen) atoms. The summed E-state index contributed by atoms with van der Waals surface area (Å²) in [6, 6.07) is 9.56. The van der Waals surface area contributed by atoms with Crippen LogP contribution in [0, 0.1) is 11.3 Å². The van der Waals surface area contributed by atoms with Gasteiger partial charge in [0, 0.05) is 25.3 Å². The fourth-order valence-electron chi connectivity index (χ4n) is 2.11. The predicted molar refractivity (Wildman–Crippen MR) is 80.2 cm³/mol. The quantitative estimate of drug-likeness (QED) is 0.922. The molecule has 1 heterocycles. The first-order valence-electron chi connectivity index (χ1n) is 6.46. The highest BCUT2D eigenvalue weighted by molar-refractivity contribution is 5.67. The first-order valence-corrected chi connectivity index (χ1v) is 6.46. The second kappa shape index (κ2) is 6.02. The maximum atomic E-state index is 8.84. The van der Waals surface area contributed by atoms with Crippen molar-refractivity contribution in [2.24, 2.45) is 0 Å².